The Bertz CT molecular complexity index is 1080. The number of fused-ring (bicyclic) bond motifs is 1. The van der Waals surface area contributed by atoms with Crippen LogP contribution in [0.25, 0.3) is 11.1 Å². The van der Waals surface area contributed by atoms with Crippen molar-refractivity contribution in [1.29, 1.82) is 0 Å². The highest BCUT2D eigenvalue weighted by molar-refractivity contribution is 5.98. The molecule has 3 aromatic carbocycles. The molecular weight excluding hydrogens is 380 g/mol. The molecule has 0 unspecified atom stereocenters. The second kappa shape index (κ2) is 8.29. The molecule has 1 aliphatic heterocycles. The number of nitrogens with zero attached hydrogens (tertiary/aromatic N) is 2. The van der Waals surface area contributed by atoms with Gasteiger partial charge in [-0.05, 0) is 41.5 Å². The quantitative estimate of drug-likeness (QED) is 0.605. The number of methoxy groups -OCH3 is 1. The molecule has 0 aromatic heterocycles. The van der Waals surface area contributed by atoms with E-state index in [1.165, 1.54) is 12.0 Å². The molecule has 0 atom stereocenters. The first kappa shape index (κ1) is 19.5. The van der Waals surface area contributed by atoms with Crippen LogP contribution in [0.4, 0.5) is 11.4 Å². The molecule has 1 amide bonds. The Morgan fingerprint density at radius 2 is 1.80 bits per heavy atom. The molecule has 0 saturated heterocycles. The predicted molar refractivity (Wildman–Crippen MR) is 116 cm³/mol. The zero-order valence-electron chi connectivity index (χ0n) is 16.9. The van der Waals surface area contributed by atoms with Crippen LogP contribution in [-0.4, -0.2) is 39.3 Å². The molecule has 0 spiro atoms. The Morgan fingerprint density at radius 3 is 2.57 bits per heavy atom. The van der Waals surface area contributed by atoms with E-state index in [1.807, 2.05) is 41.3 Å². The van der Waals surface area contributed by atoms with Gasteiger partial charge in [-0.25, -0.2) is 4.79 Å². The monoisotopic (exact) mass is 402 g/mol. The van der Waals surface area contributed by atoms with Gasteiger partial charge >= 0.3 is 5.97 Å². The summed E-state index contributed by atoms with van der Waals surface area (Å²) in [6, 6.07) is 22.9. The molecular formula is C24H22N2O4. The largest absolute Gasteiger partial charge is 0.471 e. The Hall–Kier alpha value is -3.80. The normalized spacial score (nSPS) is 12.1. The fraction of sp³-hybridized carbons (Fsp3) is 0.167. The molecule has 152 valence electrons. The van der Waals surface area contributed by atoms with Crippen LogP contribution in [0.3, 0.4) is 0 Å². The number of rotatable bonds is 5. The zero-order chi connectivity index (χ0) is 21.1. The molecule has 6 heteroatoms. The van der Waals surface area contributed by atoms with Crippen LogP contribution in [-0.2, 0) is 9.53 Å². The van der Waals surface area contributed by atoms with Gasteiger partial charge in [0.2, 0.25) is 5.91 Å². The molecule has 0 fully saturated rings. The van der Waals surface area contributed by atoms with Crippen molar-refractivity contribution in [2.45, 2.75) is 0 Å². The second-order valence-electron chi connectivity index (χ2n) is 7.01. The highest BCUT2D eigenvalue weighted by Gasteiger charge is 2.25. The topological polar surface area (TPSA) is 59.1 Å². The van der Waals surface area contributed by atoms with Gasteiger partial charge in [0.15, 0.2) is 6.73 Å². The van der Waals surface area contributed by atoms with E-state index in [2.05, 4.69) is 12.1 Å². The Kier molecular flexibility index (Phi) is 5.39. The van der Waals surface area contributed by atoms with Gasteiger partial charge < -0.3 is 19.3 Å². The van der Waals surface area contributed by atoms with Gasteiger partial charge in [0.25, 0.3) is 0 Å². The number of carbonyl (C=O) groups excluding carboxylic acids is 2. The first-order valence-corrected chi connectivity index (χ1v) is 9.59. The van der Waals surface area contributed by atoms with Crippen LogP contribution in [0, 0.1) is 0 Å². The fourth-order valence-corrected chi connectivity index (χ4v) is 3.42. The molecule has 1 heterocycles. The van der Waals surface area contributed by atoms with Crippen LogP contribution in [0.2, 0.25) is 0 Å². The predicted octanol–water partition coefficient (Wildman–Crippen LogP) is 3.96. The minimum absolute atomic E-state index is 0.112. The summed E-state index contributed by atoms with van der Waals surface area (Å²) in [4.78, 5) is 28.1. The molecule has 30 heavy (non-hydrogen) atoms. The van der Waals surface area contributed by atoms with Crippen molar-refractivity contribution >= 4 is 23.3 Å². The summed E-state index contributed by atoms with van der Waals surface area (Å²) in [5, 5.41) is 0. The summed E-state index contributed by atoms with van der Waals surface area (Å²) < 4.78 is 10.5. The van der Waals surface area contributed by atoms with Crippen LogP contribution >= 0.6 is 0 Å². The van der Waals surface area contributed by atoms with Gasteiger partial charge in [0, 0.05) is 12.7 Å². The lowest BCUT2D eigenvalue weighted by atomic mass is 10.0. The molecule has 6 nitrogen and oxygen atoms in total. The number of amides is 1. The van der Waals surface area contributed by atoms with E-state index in [0.717, 1.165) is 22.6 Å². The third-order valence-electron chi connectivity index (χ3n) is 5.14. The maximum atomic E-state index is 12.9. The van der Waals surface area contributed by atoms with E-state index in [0.29, 0.717) is 18.0 Å². The van der Waals surface area contributed by atoms with Gasteiger partial charge in [-0.3, -0.25) is 4.79 Å². The average molecular weight is 402 g/mol. The van der Waals surface area contributed by atoms with E-state index in [4.69, 9.17) is 9.47 Å². The summed E-state index contributed by atoms with van der Waals surface area (Å²) in [5.41, 5.74) is 4.09. The standard InChI is InChI=1S/C24H22N2O4/c1-25(20-10-6-9-19(13-20)24(28)29-2)23(27)15-26-16-30-22-12-11-18(14-21(22)26)17-7-4-3-5-8-17/h3-14H,15-16H2,1-2H3. The lowest BCUT2D eigenvalue weighted by molar-refractivity contribution is -0.117. The minimum Gasteiger partial charge on any atom is -0.471 e. The van der Waals surface area contributed by atoms with Crippen molar-refractivity contribution < 1.29 is 19.1 Å². The maximum absolute atomic E-state index is 12.9. The lowest BCUT2D eigenvalue weighted by Gasteiger charge is -2.22. The maximum Gasteiger partial charge on any atom is 0.337 e. The molecule has 3 aromatic rings. The van der Waals surface area contributed by atoms with Gasteiger partial charge in [-0.2, -0.15) is 0 Å². The van der Waals surface area contributed by atoms with Crippen molar-refractivity contribution in [2.75, 3.05) is 37.2 Å². The third kappa shape index (κ3) is 3.85. The highest BCUT2D eigenvalue weighted by Crippen LogP contribution is 2.37. The van der Waals surface area contributed by atoms with Gasteiger partial charge in [-0.15, -0.1) is 0 Å². The first-order chi connectivity index (χ1) is 14.6. The highest BCUT2D eigenvalue weighted by atomic mass is 16.5. The molecule has 0 bridgehead atoms. The average Bonchev–Trinajstić information content (AvgIpc) is 3.20. The van der Waals surface area contributed by atoms with E-state index < -0.39 is 5.97 Å². The summed E-state index contributed by atoms with van der Waals surface area (Å²) >= 11 is 0. The first-order valence-electron chi connectivity index (χ1n) is 9.59. The number of hydrogen-bond acceptors (Lipinski definition) is 5. The number of hydrogen-bond donors (Lipinski definition) is 0. The molecule has 1 aliphatic rings. The second-order valence-corrected chi connectivity index (χ2v) is 7.01. The van der Waals surface area contributed by atoms with Gasteiger partial charge in [0.05, 0.1) is 18.4 Å². The summed E-state index contributed by atoms with van der Waals surface area (Å²) in [6.07, 6.45) is 0. The Labute approximate surface area is 175 Å². The summed E-state index contributed by atoms with van der Waals surface area (Å²) in [6.45, 7) is 0.472. The third-order valence-corrected chi connectivity index (χ3v) is 5.14. The molecule has 0 N–H and O–H groups in total. The summed E-state index contributed by atoms with van der Waals surface area (Å²) in [7, 11) is 3.02. The van der Waals surface area contributed by atoms with Gasteiger partial charge in [-0.1, -0.05) is 42.5 Å². The molecule has 0 saturated carbocycles. The van der Waals surface area contributed by atoms with Crippen molar-refractivity contribution in [2.24, 2.45) is 0 Å². The SMILES string of the molecule is COC(=O)c1cccc(N(C)C(=O)CN2COc3ccc(-c4ccccc4)cc32)c1. The fourth-order valence-electron chi connectivity index (χ4n) is 3.42. The van der Waals surface area contributed by atoms with Gasteiger partial charge in [0.1, 0.15) is 12.3 Å². The molecule has 4 rings (SSSR count). The molecule has 0 aliphatic carbocycles. The van der Waals surface area contributed by atoms with Crippen molar-refractivity contribution in [3.05, 3.63) is 78.4 Å². The van der Waals surface area contributed by atoms with E-state index in [9.17, 15) is 9.59 Å². The van der Waals surface area contributed by atoms with E-state index in [1.54, 1.807) is 31.3 Å². The van der Waals surface area contributed by atoms with Crippen molar-refractivity contribution in [3.63, 3.8) is 0 Å². The summed E-state index contributed by atoms with van der Waals surface area (Å²) in [5.74, 6) is 0.212. The number of anilines is 2. The van der Waals surface area contributed by atoms with Crippen molar-refractivity contribution in [1.82, 2.24) is 0 Å². The molecule has 0 radical (unpaired) electrons. The Balaban J connectivity index is 1.52. The van der Waals surface area contributed by atoms with E-state index >= 15 is 0 Å². The van der Waals surface area contributed by atoms with Crippen LogP contribution in [0.1, 0.15) is 10.4 Å². The van der Waals surface area contributed by atoms with Crippen LogP contribution < -0.4 is 14.5 Å². The number of ether oxygens (including phenoxy) is 2. The number of esters is 1. The lowest BCUT2D eigenvalue weighted by Crippen LogP contribution is -2.38. The number of likely N-dealkylation sites (N-methyl/N-ethyl adjacent to an activating group) is 1. The Morgan fingerprint density at radius 1 is 1.00 bits per heavy atom. The van der Waals surface area contributed by atoms with E-state index in [-0.39, 0.29) is 12.5 Å². The number of benzene rings is 3. The number of carbonyl (C=O) groups is 2. The smallest absolute Gasteiger partial charge is 0.337 e. The minimum atomic E-state index is -0.437. The zero-order valence-corrected chi connectivity index (χ0v) is 16.9. The van der Waals surface area contributed by atoms with Crippen LogP contribution in [0.15, 0.2) is 72.8 Å². The van der Waals surface area contributed by atoms with Crippen LogP contribution in [0.5, 0.6) is 5.75 Å². The van der Waals surface area contributed by atoms with Crippen molar-refractivity contribution in [3.8, 4) is 16.9 Å².